The molecule has 1 rings (SSSR count). The maximum absolute atomic E-state index is 11.9. The van der Waals surface area contributed by atoms with Crippen molar-refractivity contribution in [2.24, 2.45) is 5.73 Å². The number of hydrogen-bond acceptors (Lipinski definition) is 4. The largest absolute Gasteiger partial charge is 0.493 e. The minimum atomic E-state index is -0.0738. The molecular formula is C15H24N2O3. The van der Waals surface area contributed by atoms with Crippen molar-refractivity contribution >= 4 is 5.91 Å². The highest BCUT2D eigenvalue weighted by molar-refractivity contribution is 5.77. The summed E-state index contributed by atoms with van der Waals surface area (Å²) >= 11 is 0. The summed E-state index contributed by atoms with van der Waals surface area (Å²) in [5.74, 6) is 1.11. The van der Waals surface area contributed by atoms with Crippen molar-refractivity contribution in [3.05, 3.63) is 23.8 Å². The lowest BCUT2D eigenvalue weighted by molar-refractivity contribution is -0.132. The van der Waals surface area contributed by atoms with Gasteiger partial charge in [0.2, 0.25) is 0 Å². The Hall–Kier alpha value is -1.75. The van der Waals surface area contributed by atoms with Crippen molar-refractivity contribution < 1.29 is 14.3 Å². The molecule has 1 aromatic carbocycles. The Balaban J connectivity index is 2.75. The third kappa shape index (κ3) is 4.13. The van der Waals surface area contributed by atoms with E-state index in [9.17, 15) is 4.79 Å². The van der Waals surface area contributed by atoms with E-state index in [0.29, 0.717) is 24.6 Å². The second-order valence-electron chi connectivity index (χ2n) is 4.55. The van der Waals surface area contributed by atoms with Gasteiger partial charge >= 0.3 is 0 Å². The van der Waals surface area contributed by atoms with Crippen molar-refractivity contribution in [1.82, 2.24) is 4.90 Å². The molecule has 0 spiro atoms. The number of ether oxygens (including phenoxy) is 2. The summed E-state index contributed by atoms with van der Waals surface area (Å²) in [5.41, 5.74) is 6.79. The van der Waals surface area contributed by atoms with Crippen LogP contribution < -0.4 is 15.2 Å². The highest BCUT2D eigenvalue weighted by Gasteiger charge is 2.13. The summed E-state index contributed by atoms with van der Waals surface area (Å²) in [4.78, 5) is 13.6. The summed E-state index contributed by atoms with van der Waals surface area (Å²) in [5, 5.41) is 0. The maximum atomic E-state index is 11.9. The second-order valence-corrected chi connectivity index (χ2v) is 4.55. The van der Waals surface area contributed by atoms with Crippen LogP contribution in [-0.4, -0.2) is 37.6 Å². The molecule has 0 fully saturated rings. The number of carbonyl (C=O) groups is 1. The number of amides is 1. The van der Waals surface area contributed by atoms with E-state index in [-0.39, 0.29) is 18.6 Å². The zero-order chi connectivity index (χ0) is 15.1. The molecule has 0 saturated heterocycles. The molecule has 0 aliphatic heterocycles. The lowest BCUT2D eigenvalue weighted by Crippen LogP contribution is -2.34. The smallest absolute Gasteiger partial charge is 0.260 e. The molecule has 2 N–H and O–H groups in total. The van der Waals surface area contributed by atoms with Gasteiger partial charge in [-0.05, 0) is 38.5 Å². The van der Waals surface area contributed by atoms with E-state index >= 15 is 0 Å². The Morgan fingerprint density at radius 1 is 1.30 bits per heavy atom. The number of nitrogens with zero attached hydrogens (tertiary/aromatic N) is 1. The molecule has 20 heavy (non-hydrogen) atoms. The Morgan fingerprint density at radius 2 is 1.95 bits per heavy atom. The molecule has 0 aliphatic rings. The fourth-order valence-electron chi connectivity index (χ4n) is 1.89. The zero-order valence-corrected chi connectivity index (χ0v) is 12.7. The van der Waals surface area contributed by atoms with Gasteiger partial charge in [-0.1, -0.05) is 6.07 Å². The summed E-state index contributed by atoms with van der Waals surface area (Å²) < 4.78 is 10.8. The minimum Gasteiger partial charge on any atom is -0.493 e. The van der Waals surface area contributed by atoms with Gasteiger partial charge in [-0.2, -0.15) is 0 Å². The zero-order valence-electron chi connectivity index (χ0n) is 12.7. The van der Waals surface area contributed by atoms with Gasteiger partial charge in [0.1, 0.15) is 0 Å². The third-order valence-corrected chi connectivity index (χ3v) is 3.18. The summed E-state index contributed by atoms with van der Waals surface area (Å²) in [7, 11) is 1.57. The molecule has 112 valence electrons. The molecule has 1 atom stereocenters. The molecule has 0 heterocycles. The molecule has 5 nitrogen and oxygen atoms in total. The quantitative estimate of drug-likeness (QED) is 0.829. The lowest BCUT2D eigenvalue weighted by Gasteiger charge is -2.19. The molecule has 0 aliphatic carbocycles. The van der Waals surface area contributed by atoms with Gasteiger partial charge in [-0.15, -0.1) is 0 Å². The minimum absolute atomic E-state index is 0.00949. The highest BCUT2D eigenvalue weighted by atomic mass is 16.5. The first-order chi connectivity index (χ1) is 9.53. The molecule has 0 bridgehead atoms. The first kappa shape index (κ1) is 16.3. The Morgan fingerprint density at radius 3 is 2.45 bits per heavy atom. The fourth-order valence-corrected chi connectivity index (χ4v) is 1.89. The number of nitrogens with two attached hydrogens (primary N) is 1. The number of hydrogen-bond donors (Lipinski definition) is 1. The monoisotopic (exact) mass is 280 g/mol. The van der Waals surface area contributed by atoms with Crippen LogP contribution in [0.4, 0.5) is 0 Å². The van der Waals surface area contributed by atoms with Gasteiger partial charge in [0.25, 0.3) is 5.91 Å². The molecule has 0 aromatic heterocycles. The normalized spacial score (nSPS) is 11.8. The molecule has 5 heteroatoms. The number of rotatable bonds is 7. The number of methoxy groups -OCH3 is 1. The molecule has 0 unspecified atom stereocenters. The topological polar surface area (TPSA) is 64.8 Å². The Kier molecular flexibility index (Phi) is 6.31. The number of benzene rings is 1. The van der Waals surface area contributed by atoms with Crippen molar-refractivity contribution in [3.8, 4) is 11.5 Å². The van der Waals surface area contributed by atoms with Gasteiger partial charge in [0.15, 0.2) is 18.1 Å². The molecule has 0 radical (unpaired) electrons. The van der Waals surface area contributed by atoms with Crippen molar-refractivity contribution in [1.29, 1.82) is 0 Å². The molecule has 0 saturated carbocycles. The Labute approximate surface area is 120 Å². The Bertz CT molecular complexity index is 443. The third-order valence-electron chi connectivity index (χ3n) is 3.18. The highest BCUT2D eigenvalue weighted by Crippen LogP contribution is 2.29. The molecule has 1 amide bonds. The summed E-state index contributed by atoms with van der Waals surface area (Å²) in [6.45, 7) is 7.16. The molecule has 1 aromatic rings. The first-order valence-electron chi connectivity index (χ1n) is 6.87. The van der Waals surface area contributed by atoms with Crippen LogP contribution in [-0.2, 0) is 4.79 Å². The predicted molar refractivity (Wildman–Crippen MR) is 79.0 cm³/mol. The van der Waals surface area contributed by atoms with E-state index in [1.165, 1.54) is 0 Å². The van der Waals surface area contributed by atoms with Gasteiger partial charge in [0, 0.05) is 19.1 Å². The van der Waals surface area contributed by atoms with Gasteiger partial charge in [-0.25, -0.2) is 0 Å². The van der Waals surface area contributed by atoms with Crippen LogP contribution in [0.5, 0.6) is 11.5 Å². The van der Waals surface area contributed by atoms with Gasteiger partial charge < -0.3 is 20.1 Å². The van der Waals surface area contributed by atoms with E-state index in [2.05, 4.69) is 0 Å². The second kappa shape index (κ2) is 7.75. The van der Waals surface area contributed by atoms with Crippen LogP contribution in [0.2, 0.25) is 0 Å². The molecular weight excluding hydrogens is 256 g/mol. The number of carbonyl (C=O) groups excluding carboxylic acids is 1. The van der Waals surface area contributed by atoms with E-state index in [1.807, 2.05) is 32.9 Å². The van der Waals surface area contributed by atoms with Crippen LogP contribution in [0.15, 0.2) is 18.2 Å². The number of likely N-dealkylation sites (N-methyl/N-ethyl adjacent to an activating group) is 1. The van der Waals surface area contributed by atoms with Crippen LogP contribution in [0, 0.1) is 0 Å². The van der Waals surface area contributed by atoms with Crippen LogP contribution in [0.3, 0.4) is 0 Å². The van der Waals surface area contributed by atoms with Gasteiger partial charge in [0.05, 0.1) is 7.11 Å². The van der Waals surface area contributed by atoms with Crippen molar-refractivity contribution in [3.63, 3.8) is 0 Å². The fraction of sp³-hybridized carbons (Fsp3) is 0.533. The maximum Gasteiger partial charge on any atom is 0.260 e. The SMILES string of the molecule is CCN(CC)C(=O)COc1ccc([C@H](C)N)cc1OC. The lowest BCUT2D eigenvalue weighted by atomic mass is 10.1. The summed E-state index contributed by atoms with van der Waals surface area (Å²) in [6.07, 6.45) is 0. The average Bonchev–Trinajstić information content (AvgIpc) is 2.45. The van der Waals surface area contributed by atoms with Crippen molar-refractivity contribution in [2.45, 2.75) is 26.8 Å². The summed E-state index contributed by atoms with van der Waals surface area (Å²) in [6, 6.07) is 5.43. The van der Waals surface area contributed by atoms with Crippen LogP contribution in [0.25, 0.3) is 0 Å². The van der Waals surface area contributed by atoms with Crippen LogP contribution in [0.1, 0.15) is 32.4 Å². The standard InChI is InChI=1S/C15H24N2O3/c1-5-17(6-2)15(18)10-20-13-8-7-12(11(3)16)9-14(13)19-4/h7-9,11H,5-6,10,16H2,1-4H3/t11-/m0/s1. The first-order valence-corrected chi connectivity index (χ1v) is 6.87. The van der Waals surface area contributed by atoms with Gasteiger partial charge in [-0.3, -0.25) is 4.79 Å². The van der Waals surface area contributed by atoms with Crippen molar-refractivity contribution in [2.75, 3.05) is 26.8 Å². The van der Waals surface area contributed by atoms with E-state index < -0.39 is 0 Å². The van der Waals surface area contributed by atoms with E-state index in [4.69, 9.17) is 15.2 Å². The predicted octanol–water partition coefficient (Wildman–Crippen LogP) is 1.96. The van der Waals surface area contributed by atoms with Crippen LogP contribution >= 0.6 is 0 Å². The van der Waals surface area contributed by atoms with E-state index in [1.54, 1.807) is 18.1 Å². The average molecular weight is 280 g/mol. The van der Waals surface area contributed by atoms with E-state index in [0.717, 1.165) is 5.56 Å².